The molecule has 1 rings (SSSR count). The van der Waals surface area contributed by atoms with E-state index >= 15 is 0 Å². The molecule has 1 amide bonds. The zero-order chi connectivity index (χ0) is 11.7. The molecular weight excluding hydrogens is 198 g/mol. The van der Waals surface area contributed by atoms with Gasteiger partial charge < -0.3 is 19.8 Å². The third-order valence-electron chi connectivity index (χ3n) is 3.08. The molecule has 5 heteroatoms. The quantitative estimate of drug-likeness (QED) is 0.680. The molecule has 1 heterocycles. The van der Waals surface area contributed by atoms with Crippen molar-refractivity contribution >= 4 is 6.09 Å². The molecule has 0 unspecified atom stereocenters. The molecule has 0 aromatic carbocycles. The maximum atomic E-state index is 10.9. The summed E-state index contributed by atoms with van der Waals surface area (Å²) < 4.78 is 5.60. The number of rotatable bonds is 1. The average Bonchev–Trinajstić information content (AvgIpc) is 2.16. The summed E-state index contributed by atoms with van der Waals surface area (Å²) in [7, 11) is 0. The Kier molecular flexibility index (Phi) is 3.25. The Labute approximate surface area is 89.6 Å². The highest BCUT2D eigenvalue weighted by Crippen LogP contribution is 2.36. The lowest BCUT2D eigenvalue weighted by Crippen LogP contribution is -2.61. The molecule has 0 aromatic heterocycles. The van der Waals surface area contributed by atoms with Crippen molar-refractivity contribution in [2.45, 2.75) is 26.4 Å². The number of nitrogens with zero attached hydrogens (tertiary/aromatic N) is 1. The van der Waals surface area contributed by atoms with E-state index in [0.717, 1.165) is 0 Å². The molecule has 5 nitrogen and oxygen atoms in total. The van der Waals surface area contributed by atoms with Crippen LogP contribution in [0.15, 0.2) is 0 Å². The molecule has 88 valence electrons. The SMILES string of the molecule is CC(C)(C)[C@@]1(CO)CN(C(=O)O)CCO1. The van der Waals surface area contributed by atoms with Gasteiger partial charge >= 0.3 is 6.09 Å². The highest BCUT2D eigenvalue weighted by atomic mass is 16.5. The van der Waals surface area contributed by atoms with Crippen LogP contribution in [0, 0.1) is 5.41 Å². The van der Waals surface area contributed by atoms with Crippen molar-refractivity contribution in [1.29, 1.82) is 0 Å². The summed E-state index contributed by atoms with van der Waals surface area (Å²) in [5.74, 6) is 0. The summed E-state index contributed by atoms with van der Waals surface area (Å²) in [5.41, 5.74) is -1.08. The first kappa shape index (κ1) is 12.3. The molecular formula is C10H19NO4. The number of aliphatic hydroxyl groups is 1. The monoisotopic (exact) mass is 217 g/mol. The van der Waals surface area contributed by atoms with Crippen LogP contribution in [0.1, 0.15) is 20.8 Å². The van der Waals surface area contributed by atoms with Gasteiger partial charge in [-0.05, 0) is 5.41 Å². The number of amides is 1. The zero-order valence-electron chi connectivity index (χ0n) is 9.49. The number of aliphatic hydroxyl groups excluding tert-OH is 1. The Bertz CT molecular complexity index is 248. The topological polar surface area (TPSA) is 70.0 Å². The van der Waals surface area contributed by atoms with Gasteiger partial charge in [-0.2, -0.15) is 0 Å². The molecule has 1 aliphatic rings. The van der Waals surface area contributed by atoms with Crippen LogP contribution in [0.5, 0.6) is 0 Å². The largest absolute Gasteiger partial charge is 0.465 e. The summed E-state index contributed by atoms with van der Waals surface area (Å²) in [4.78, 5) is 12.2. The predicted octanol–water partition coefficient (Wildman–Crippen LogP) is 0.774. The minimum atomic E-state index is -0.958. The van der Waals surface area contributed by atoms with Gasteiger partial charge in [-0.1, -0.05) is 20.8 Å². The molecule has 0 bridgehead atoms. The van der Waals surface area contributed by atoms with Gasteiger partial charge in [0.15, 0.2) is 0 Å². The van der Waals surface area contributed by atoms with Crippen molar-refractivity contribution in [2.75, 3.05) is 26.3 Å². The molecule has 1 aliphatic heterocycles. The van der Waals surface area contributed by atoms with Gasteiger partial charge in [-0.15, -0.1) is 0 Å². The summed E-state index contributed by atoms with van der Waals surface area (Å²) in [6.07, 6.45) is -0.958. The number of carboxylic acid groups (broad SMARTS) is 1. The van der Waals surface area contributed by atoms with Crippen LogP contribution in [-0.4, -0.2) is 53.1 Å². The molecule has 1 saturated heterocycles. The normalized spacial score (nSPS) is 27.9. The van der Waals surface area contributed by atoms with E-state index in [0.29, 0.717) is 13.2 Å². The third kappa shape index (κ3) is 2.23. The molecule has 15 heavy (non-hydrogen) atoms. The molecule has 0 saturated carbocycles. The summed E-state index contributed by atoms with van der Waals surface area (Å²) in [5, 5.41) is 18.4. The standard InChI is InChI=1S/C10H19NO4/c1-9(2,3)10(7-12)6-11(8(13)14)4-5-15-10/h12H,4-7H2,1-3H3,(H,13,14)/t10-/m0/s1. The third-order valence-corrected chi connectivity index (χ3v) is 3.08. The van der Waals surface area contributed by atoms with E-state index in [-0.39, 0.29) is 18.6 Å². The molecule has 0 aliphatic carbocycles. The summed E-state index contributed by atoms with van der Waals surface area (Å²) in [6.45, 7) is 6.58. The van der Waals surface area contributed by atoms with Crippen molar-refractivity contribution in [3.8, 4) is 0 Å². The lowest BCUT2D eigenvalue weighted by molar-refractivity contribution is -0.179. The van der Waals surface area contributed by atoms with E-state index in [1.165, 1.54) is 4.90 Å². The first-order valence-corrected chi connectivity index (χ1v) is 5.05. The van der Waals surface area contributed by atoms with E-state index in [1.807, 2.05) is 20.8 Å². The number of hydrogen-bond donors (Lipinski definition) is 2. The van der Waals surface area contributed by atoms with Crippen molar-refractivity contribution in [1.82, 2.24) is 4.90 Å². The second-order valence-electron chi connectivity index (χ2n) is 4.95. The van der Waals surface area contributed by atoms with E-state index in [4.69, 9.17) is 9.84 Å². The van der Waals surface area contributed by atoms with Crippen LogP contribution >= 0.6 is 0 Å². The maximum absolute atomic E-state index is 10.9. The van der Waals surface area contributed by atoms with Gasteiger partial charge in [0.25, 0.3) is 0 Å². The first-order valence-electron chi connectivity index (χ1n) is 5.05. The number of ether oxygens (including phenoxy) is 1. The van der Waals surface area contributed by atoms with E-state index in [2.05, 4.69) is 0 Å². The van der Waals surface area contributed by atoms with E-state index in [9.17, 15) is 9.90 Å². The van der Waals surface area contributed by atoms with Crippen LogP contribution in [-0.2, 0) is 4.74 Å². The van der Waals surface area contributed by atoms with Gasteiger partial charge in [0.2, 0.25) is 0 Å². The smallest absolute Gasteiger partial charge is 0.407 e. The van der Waals surface area contributed by atoms with E-state index < -0.39 is 11.7 Å². The van der Waals surface area contributed by atoms with Crippen molar-refractivity contribution in [3.63, 3.8) is 0 Å². The predicted molar refractivity (Wildman–Crippen MR) is 54.8 cm³/mol. The molecule has 0 spiro atoms. The van der Waals surface area contributed by atoms with Crippen LogP contribution in [0.2, 0.25) is 0 Å². The van der Waals surface area contributed by atoms with Crippen LogP contribution < -0.4 is 0 Å². The van der Waals surface area contributed by atoms with Crippen molar-refractivity contribution in [2.24, 2.45) is 5.41 Å². The highest BCUT2D eigenvalue weighted by Gasteiger charge is 2.47. The minimum Gasteiger partial charge on any atom is -0.465 e. The van der Waals surface area contributed by atoms with Crippen LogP contribution in [0.25, 0.3) is 0 Å². The lowest BCUT2D eigenvalue weighted by Gasteiger charge is -2.48. The van der Waals surface area contributed by atoms with Gasteiger partial charge in [0, 0.05) is 6.54 Å². The fourth-order valence-electron chi connectivity index (χ4n) is 1.73. The fourth-order valence-corrected chi connectivity index (χ4v) is 1.73. The molecule has 2 N–H and O–H groups in total. The Morgan fingerprint density at radius 2 is 2.13 bits per heavy atom. The maximum Gasteiger partial charge on any atom is 0.407 e. The second kappa shape index (κ2) is 3.98. The Morgan fingerprint density at radius 3 is 2.53 bits per heavy atom. The molecule has 1 fully saturated rings. The van der Waals surface area contributed by atoms with E-state index in [1.54, 1.807) is 0 Å². The van der Waals surface area contributed by atoms with Crippen LogP contribution in [0.3, 0.4) is 0 Å². The van der Waals surface area contributed by atoms with Crippen LogP contribution in [0.4, 0.5) is 4.79 Å². The Balaban J connectivity index is 2.87. The van der Waals surface area contributed by atoms with Gasteiger partial charge in [0.05, 0.1) is 19.8 Å². The Hall–Kier alpha value is -0.810. The van der Waals surface area contributed by atoms with Gasteiger partial charge in [0.1, 0.15) is 5.60 Å². The molecule has 0 radical (unpaired) electrons. The zero-order valence-corrected chi connectivity index (χ0v) is 9.49. The number of carbonyl (C=O) groups is 1. The average molecular weight is 217 g/mol. The van der Waals surface area contributed by atoms with Gasteiger partial charge in [-0.3, -0.25) is 0 Å². The van der Waals surface area contributed by atoms with Crippen molar-refractivity contribution in [3.05, 3.63) is 0 Å². The first-order chi connectivity index (χ1) is 6.82. The van der Waals surface area contributed by atoms with Crippen molar-refractivity contribution < 1.29 is 19.7 Å². The Morgan fingerprint density at radius 1 is 1.53 bits per heavy atom. The molecule has 1 atom stereocenters. The summed E-state index contributed by atoms with van der Waals surface area (Å²) >= 11 is 0. The number of morpholine rings is 1. The number of hydrogen-bond acceptors (Lipinski definition) is 3. The lowest BCUT2D eigenvalue weighted by atomic mass is 9.75. The van der Waals surface area contributed by atoms with Gasteiger partial charge in [-0.25, -0.2) is 4.79 Å². The molecule has 0 aromatic rings. The second-order valence-corrected chi connectivity index (χ2v) is 4.95. The highest BCUT2D eigenvalue weighted by molar-refractivity contribution is 5.65. The minimum absolute atomic E-state index is 0.166. The summed E-state index contributed by atoms with van der Waals surface area (Å²) in [6, 6.07) is 0. The fraction of sp³-hybridized carbons (Fsp3) is 0.900.